The zero-order chi connectivity index (χ0) is 13.9. The van der Waals surface area contributed by atoms with Gasteiger partial charge in [0.1, 0.15) is 5.75 Å². The van der Waals surface area contributed by atoms with Crippen molar-refractivity contribution in [2.75, 3.05) is 0 Å². The minimum absolute atomic E-state index is 0.111. The van der Waals surface area contributed by atoms with Crippen LogP contribution in [-0.2, 0) is 0 Å². The van der Waals surface area contributed by atoms with Gasteiger partial charge in [-0.1, -0.05) is 25.1 Å². The minimum Gasteiger partial charge on any atom is -0.508 e. The molecule has 3 aliphatic carbocycles. The van der Waals surface area contributed by atoms with Crippen molar-refractivity contribution in [3.63, 3.8) is 0 Å². The highest BCUT2D eigenvalue weighted by atomic mass is 16.3. The molecular formula is C18H22O2. The molecule has 0 aromatic heterocycles. The first-order valence-corrected chi connectivity index (χ1v) is 7.79. The molecule has 0 bridgehead atoms. The summed E-state index contributed by atoms with van der Waals surface area (Å²) in [6, 6.07) is 5.78. The largest absolute Gasteiger partial charge is 0.508 e. The predicted octanol–water partition coefficient (Wildman–Crippen LogP) is 3.69. The van der Waals surface area contributed by atoms with Gasteiger partial charge in [-0.3, -0.25) is 0 Å². The predicted molar refractivity (Wildman–Crippen MR) is 79.4 cm³/mol. The lowest BCUT2D eigenvalue weighted by atomic mass is 9.57. The van der Waals surface area contributed by atoms with Crippen molar-refractivity contribution >= 4 is 6.08 Å². The second-order valence-corrected chi connectivity index (χ2v) is 7.10. The van der Waals surface area contributed by atoms with E-state index in [1.54, 1.807) is 0 Å². The Bertz CT molecular complexity index is 577. The van der Waals surface area contributed by atoms with E-state index < -0.39 is 0 Å². The lowest BCUT2D eigenvalue weighted by Gasteiger charge is -2.48. The Morgan fingerprint density at radius 3 is 2.90 bits per heavy atom. The van der Waals surface area contributed by atoms with E-state index in [1.807, 2.05) is 12.1 Å². The highest BCUT2D eigenvalue weighted by Gasteiger charge is 2.53. The van der Waals surface area contributed by atoms with Gasteiger partial charge in [0.05, 0.1) is 6.10 Å². The fraction of sp³-hybridized carbons (Fsp3) is 0.556. The molecular weight excluding hydrogens is 248 g/mol. The van der Waals surface area contributed by atoms with Crippen LogP contribution in [0.3, 0.4) is 0 Å². The Labute approximate surface area is 120 Å². The van der Waals surface area contributed by atoms with Crippen LogP contribution in [-0.4, -0.2) is 16.3 Å². The van der Waals surface area contributed by atoms with Gasteiger partial charge in [-0.25, -0.2) is 0 Å². The lowest BCUT2D eigenvalue weighted by molar-refractivity contribution is -0.00797. The molecule has 1 aromatic carbocycles. The third kappa shape index (κ3) is 1.54. The topological polar surface area (TPSA) is 40.5 Å². The molecule has 5 atom stereocenters. The summed E-state index contributed by atoms with van der Waals surface area (Å²) in [4.78, 5) is 0. The van der Waals surface area contributed by atoms with Crippen molar-refractivity contribution in [1.82, 2.24) is 0 Å². The maximum Gasteiger partial charge on any atom is 0.116 e. The summed E-state index contributed by atoms with van der Waals surface area (Å²) in [7, 11) is 0. The summed E-state index contributed by atoms with van der Waals surface area (Å²) < 4.78 is 0. The molecule has 2 heteroatoms. The normalized spacial score (nSPS) is 41.9. The summed E-state index contributed by atoms with van der Waals surface area (Å²) in [5, 5.41) is 20.0. The summed E-state index contributed by atoms with van der Waals surface area (Å²) in [6.07, 6.45) is 8.77. The second kappa shape index (κ2) is 4.11. The molecule has 2 fully saturated rings. The summed E-state index contributed by atoms with van der Waals surface area (Å²) in [6.45, 7) is 2.28. The van der Waals surface area contributed by atoms with Gasteiger partial charge < -0.3 is 10.2 Å². The number of aliphatic hydroxyl groups excluding tert-OH is 1. The number of rotatable bonds is 0. The average molecular weight is 270 g/mol. The number of hydrogen-bond acceptors (Lipinski definition) is 2. The number of phenols is 1. The zero-order valence-corrected chi connectivity index (χ0v) is 11.9. The first kappa shape index (κ1) is 12.5. The van der Waals surface area contributed by atoms with Crippen LogP contribution < -0.4 is 0 Å². The van der Waals surface area contributed by atoms with Gasteiger partial charge >= 0.3 is 0 Å². The highest BCUT2D eigenvalue weighted by molar-refractivity contribution is 5.60. The van der Waals surface area contributed by atoms with E-state index in [0.717, 1.165) is 25.7 Å². The maximum absolute atomic E-state index is 10.3. The number of hydrogen-bond donors (Lipinski definition) is 2. The van der Waals surface area contributed by atoms with Crippen molar-refractivity contribution < 1.29 is 10.2 Å². The number of fused-ring (bicyclic) bond motifs is 5. The van der Waals surface area contributed by atoms with Crippen molar-refractivity contribution in [2.45, 2.75) is 44.6 Å². The molecule has 0 amide bonds. The number of aliphatic hydroxyl groups is 1. The molecule has 2 nitrogen and oxygen atoms in total. The van der Waals surface area contributed by atoms with E-state index in [4.69, 9.17) is 0 Å². The molecule has 3 aliphatic rings. The molecule has 1 aromatic rings. The SMILES string of the molecule is C[C@]12CC[C@H]3c4ccc(O)cc4C=C[C@@H]3[C@@H]1CC[C@@H]2O. The lowest BCUT2D eigenvalue weighted by Crippen LogP contribution is -2.42. The van der Waals surface area contributed by atoms with Crippen LogP contribution in [0.2, 0.25) is 0 Å². The van der Waals surface area contributed by atoms with Crippen LogP contribution in [0.15, 0.2) is 24.3 Å². The Hall–Kier alpha value is -1.28. The molecule has 0 heterocycles. The molecule has 0 radical (unpaired) electrons. The smallest absolute Gasteiger partial charge is 0.116 e. The third-order valence-corrected chi connectivity index (χ3v) is 6.25. The van der Waals surface area contributed by atoms with Gasteiger partial charge in [0, 0.05) is 0 Å². The van der Waals surface area contributed by atoms with Crippen molar-refractivity contribution in [3.8, 4) is 5.75 Å². The quantitative estimate of drug-likeness (QED) is 0.755. The molecule has 4 rings (SSSR count). The molecule has 0 unspecified atom stereocenters. The molecule has 20 heavy (non-hydrogen) atoms. The van der Waals surface area contributed by atoms with E-state index in [1.165, 1.54) is 11.1 Å². The van der Waals surface area contributed by atoms with Crippen LogP contribution in [0.5, 0.6) is 5.75 Å². The summed E-state index contributed by atoms with van der Waals surface area (Å²) in [5.41, 5.74) is 2.67. The van der Waals surface area contributed by atoms with Crippen LogP contribution >= 0.6 is 0 Å². The first-order valence-electron chi connectivity index (χ1n) is 7.79. The van der Waals surface area contributed by atoms with E-state index in [9.17, 15) is 10.2 Å². The zero-order valence-electron chi connectivity index (χ0n) is 11.9. The Morgan fingerprint density at radius 1 is 1.20 bits per heavy atom. The Balaban J connectivity index is 1.75. The van der Waals surface area contributed by atoms with Gasteiger partial charge in [0.2, 0.25) is 0 Å². The molecule has 0 aliphatic heterocycles. The van der Waals surface area contributed by atoms with Crippen LogP contribution in [0.1, 0.15) is 49.7 Å². The van der Waals surface area contributed by atoms with Crippen molar-refractivity contribution in [3.05, 3.63) is 35.4 Å². The fourth-order valence-electron chi connectivity index (χ4n) is 5.06. The standard InChI is InChI=1S/C18H22O2/c1-18-9-8-14-13-5-3-12(19)10-11(13)2-4-15(14)16(18)6-7-17(18)20/h2-5,10,14-17,19-20H,6-9H2,1H3/t14-,15-,16-,17-,18-/m0/s1. The van der Waals surface area contributed by atoms with Gasteiger partial charge in [0.15, 0.2) is 0 Å². The number of aromatic hydroxyl groups is 1. The second-order valence-electron chi connectivity index (χ2n) is 7.10. The molecule has 0 saturated heterocycles. The maximum atomic E-state index is 10.3. The van der Waals surface area contributed by atoms with E-state index in [-0.39, 0.29) is 11.5 Å². The summed E-state index contributed by atoms with van der Waals surface area (Å²) in [5.74, 6) is 2.08. The molecule has 106 valence electrons. The van der Waals surface area contributed by atoms with Gasteiger partial charge in [0.25, 0.3) is 0 Å². The van der Waals surface area contributed by atoms with Crippen LogP contribution in [0.4, 0.5) is 0 Å². The van der Waals surface area contributed by atoms with Crippen LogP contribution in [0, 0.1) is 17.3 Å². The van der Waals surface area contributed by atoms with Crippen molar-refractivity contribution in [1.29, 1.82) is 0 Å². The number of benzene rings is 1. The minimum atomic E-state index is -0.122. The first-order chi connectivity index (χ1) is 9.59. The van der Waals surface area contributed by atoms with Gasteiger partial charge in [-0.15, -0.1) is 0 Å². The monoisotopic (exact) mass is 270 g/mol. The van der Waals surface area contributed by atoms with E-state index in [2.05, 4.69) is 25.1 Å². The highest BCUT2D eigenvalue weighted by Crippen LogP contribution is 2.60. The number of phenolic OH excluding ortho intramolecular Hbond substituents is 1. The van der Waals surface area contributed by atoms with Gasteiger partial charge in [-0.2, -0.15) is 0 Å². The number of allylic oxidation sites excluding steroid dienone is 1. The van der Waals surface area contributed by atoms with E-state index >= 15 is 0 Å². The van der Waals surface area contributed by atoms with E-state index in [0.29, 0.717) is 23.5 Å². The van der Waals surface area contributed by atoms with Crippen molar-refractivity contribution in [2.24, 2.45) is 17.3 Å². The Kier molecular flexibility index (Phi) is 2.56. The molecule has 0 spiro atoms. The average Bonchev–Trinajstić information content (AvgIpc) is 2.74. The molecule has 2 saturated carbocycles. The fourth-order valence-corrected chi connectivity index (χ4v) is 5.06. The summed E-state index contributed by atoms with van der Waals surface area (Å²) >= 11 is 0. The van der Waals surface area contributed by atoms with Gasteiger partial charge in [-0.05, 0) is 72.1 Å². The molecule has 2 N–H and O–H groups in total. The third-order valence-electron chi connectivity index (χ3n) is 6.25. The van der Waals surface area contributed by atoms with Crippen LogP contribution in [0.25, 0.3) is 6.08 Å². The Morgan fingerprint density at radius 2 is 2.05 bits per heavy atom.